The van der Waals surface area contributed by atoms with Crippen molar-refractivity contribution in [3.05, 3.63) is 65.2 Å². The van der Waals surface area contributed by atoms with E-state index in [-0.39, 0.29) is 24.4 Å². The zero-order chi connectivity index (χ0) is 21.5. The Morgan fingerprint density at radius 1 is 1.00 bits per heavy atom. The molecule has 2 aromatic rings. The number of nitrogens with one attached hydrogen (secondary N) is 2. The van der Waals surface area contributed by atoms with E-state index in [1.54, 1.807) is 29.2 Å². The first-order valence-corrected chi connectivity index (χ1v) is 9.40. The van der Waals surface area contributed by atoms with Gasteiger partial charge in [-0.1, -0.05) is 12.1 Å². The fourth-order valence-corrected chi connectivity index (χ4v) is 2.94. The molecule has 1 heterocycles. The van der Waals surface area contributed by atoms with E-state index in [0.29, 0.717) is 38.1 Å². The smallest absolute Gasteiger partial charge is 0.254 e. The third-order valence-electron chi connectivity index (χ3n) is 4.54. The van der Waals surface area contributed by atoms with Crippen LogP contribution in [0.4, 0.5) is 14.5 Å². The molecule has 1 aliphatic rings. The summed E-state index contributed by atoms with van der Waals surface area (Å²) in [5.74, 6) is -3.11. The standard InChI is InChI=1S/C21H21F2N3O4/c22-15-3-6-17(18(23)12-15)21(29)24-13-19(27)25-16-4-1-14(2-5-16)11-20(28)26-7-9-30-10-8-26/h1-6,12H,7-11,13H2,(H,24,29)(H,25,27). The number of rotatable bonds is 6. The summed E-state index contributed by atoms with van der Waals surface area (Å²) in [6, 6.07) is 9.35. The highest BCUT2D eigenvalue weighted by molar-refractivity contribution is 5.99. The maximum atomic E-state index is 13.6. The Bertz CT molecular complexity index is 928. The lowest BCUT2D eigenvalue weighted by Crippen LogP contribution is -2.41. The van der Waals surface area contributed by atoms with Gasteiger partial charge in [0.25, 0.3) is 5.91 Å². The normalized spacial score (nSPS) is 13.6. The van der Waals surface area contributed by atoms with Gasteiger partial charge in [0, 0.05) is 24.8 Å². The topological polar surface area (TPSA) is 87.7 Å². The Morgan fingerprint density at radius 2 is 1.70 bits per heavy atom. The summed E-state index contributed by atoms with van der Waals surface area (Å²) in [4.78, 5) is 37.9. The Hall–Kier alpha value is -3.33. The van der Waals surface area contributed by atoms with Gasteiger partial charge in [0.05, 0.1) is 31.7 Å². The number of ether oxygens (including phenoxy) is 1. The summed E-state index contributed by atoms with van der Waals surface area (Å²) in [6.07, 6.45) is 0.257. The zero-order valence-electron chi connectivity index (χ0n) is 16.1. The predicted molar refractivity (Wildman–Crippen MR) is 105 cm³/mol. The minimum Gasteiger partial charge on any atom is -0.378 e. The molecule has 30 heavy (non-hydrogen) atoms. The molecule has 0 atom stereocenters. The van der Waals surface area contributed by atoms with Crippen molar-refractivity contribution in [2.75, 3.05) is 38.2 Å². The lowest BCUT2D eigenvalue weighted by molar-refractivity contribution is -0.134. The van der Waals surface area contributed by atoms with Crippen LogP contribution in [0.1, 0.15) is 15.9 Å². The number of hydrogen-bond acceptors (Lipinski definition) is 4. The van der Waals surface area contributed by atoms with Gasteiger partial charge >= 0.3 is 0 Å². The second-order valence-corrected chi connectivity index (χ2v) is 6.72. The molecule has 0 saturated carbocycles. The third-order valence-corrected chi connectivity index (χ3v) is 4.54. The minimum atomic E-state index is -1.00. The Kier molecular flexibility index (Phi) is 7.08. The van der Waals surface area contributed by atoms with Gasteiger partial charge in [0.1, 0.15) is 11.6 Å². The highest BCUT2D eigenvalue weighted by Crippen LogP contribution is 2.12. The third kappa shape index (κ3) is 5.84. The van der Waals surface area contributed by atoms with Crippen LogP contribution in [0.15, 0.2) is 42.5 Å². The molecule has 158 valence electrons. The molecule has 0 aliphatic carbocycles. The van der Waals surface area contributed by atoms with Crippen molar-refractivity contribution in [2.45, 2.75) is 6.42 Å². The van der Waals surface area contributed by atoms with Crippen molar-refractivity contribution in [3.8, 4) is 0 Å². The quantitative estimate of drug-likeness (QED) is 0.750. The summed E-state index contributed by atoms with van der Waals surface area (Å²) >= 11 is 0. The molecule has 1 aliphatic heterocycles. The number of carbonyl (C=O) groups excluding carboxylic acids is 3. The predicted octanol–water partition coefficient (Wildman–Crippen LogP) is 1.73. The Labute approximate surface area is 172 Å². The molecule has 2 aromatic carbocycles. The number of hydrogen-bond donors (Lipinski definition) is 2. The molecule has 3 amide bonds. The average Bonchev–Trinajstić information content (AvgIpc) is 2.74. The van der Waals surface area contributed by atoms with Crippen molar-refractivity contribution in [1.82, 2.24) is 10.2 Å². The fraction of sp³-hybridized carbons (Fsp3) is 0.286. The van der Waals surface area contributed by atoms with Crippen molar-refractivity contribution < 1.29 is 27.9 Å². The fourth-order valence-electron chi connectivity index (χ4n) is 2.94. The number of carbonyl (C=O) groups is 3. The summed E-state index contributed by atoms with van der Waals surface area (Å²) in [5.41, 5.74) is 0.952. The van der Waals surface area contributed by atoms with Crippen LogP contribution in [-0.4, -0.2) is 55.5 Å². The summed E-state index contributed by atoms with van der Waals surface area (Å²) in [7, 11) is 0. The Morgan fingerprint density at radius 3 is 2.37 bits per heavy atom. The van der Waals surface area contributed by atoms with Crippen LogP contribution in [0, 0.1) is 11.6 Å². The van der Waals surface area contributed by atoms with Crippen LogP contribution in [0.3, 0.4) is 0 Å². The largest absolute Gasteiger partial charge is 0.378 e. The van der Waals surface area contributed by atoms with Crippen LogP contribution in [0.2, 0.25) is 0 Å². The monoisotopic (exact) mass is 417 g/mol. The molecule has 0 radical (unpaired) electrons. The highest BCUT2D eigenvalue weighted by atomic mass is 19.1. The van der Waals surface area contributed by atoms with Crippen LogP contribution in [0.5, 0.6) is 0 Å². The van der Waals surface area contributed by atoms with Gasteiger partial charge < -0.3 is 20.3 Å². The van der Waals surface area contributed by atoms with Crippen molar-refractivity contribution in [2.24, 2.45) is 0 Å². The van der Waals surface area contributed by atoms with Crippen molar-refractivity contribution in [1.29, 1.82) is 0 Å². The first-order valence-electron chi connectivity index (χ1n) is 9.40. The van der Waals surface area contributed by atoms with Gasteiger partial charge in [0.15, 0.2) is 0 Å². The molecular formula is C21H21F2N3O4. The SMILES string of the molecule is O=C(CNC(=O)c1ccc(F)cc1F)Nc1ccc(CC(=O)N2CCOCC2)cc1. The molecular weight excluding hydrogens is 396 g/mol. The average molecular weight is 417 g/mol. The van der Waals surface area contributed by atoms with E-state index in [9.17, 15) is 23.2 Å². The zero-order valence-corrected chi connectivity index (χ0v) is 16.1. The van der Waals surface area contributed by atoms with Gasteiger partial charge in [-0.3, -0.25) is 14.4 Å². The molecule has 3 rings (SSSR count). The van der Waals surface area contributed by atoms with Crippen molar-refractivity contribution >= 4 is 23.4 Å². The maximum absolute atomic E-state index is 13.6. The van der Waals surface area contributed by atoms with Gasteiger partial charge in [0.2, 0.25) is 11.8 Å². The van der Waals surface area contributed by atoms with E-state index in [2.05, 4.69) is 10.6 Å². The molecule has 1 fully saturated rings. The molecule has 0 spiro atoms. The number of nitrogens with zero attached hydrogens (tertiary/aromatic N) is 1. The van der Waals surface area contributed by atoms with Gasteiger partial charge in [-0.05, 0) is 29.8 Å². The molecule has 9 heteroatoms. The maximum Gasteiger partial charge on any atom is 0.254 e. The van der Waals surface area contributed by atoms with E-state index in [4.69, 9.17) is 4.74 Å². The highest BCUT2D eigenvalue weighted by Gasteiger charge is 2.17. The van der Waals surface area contributed by atoms with Crippen molar-refractivity contribution in [3.63, 3.8) is 0 Å². The molecule has 2 N–H and O–H groups in total. The second kappa shape index (κ2) is 9.93. The van der Waals surface area contributed by atoms with Gasteiger partial charge in [-0.2, -0.15) is 0 Å². The lowest BCUT2D eigenvalue weighted by atomic mass is 10.1. The van der Waals surface area contributed by atoms with E-state index < -0.39 is 23.4 Å². The van der Waals surface area contributed by atoms with E-state index >= 15 is 0 Å². The van der Waals surface area contributed by atoms with Gasteiger partial charge in [-0.25, -0.2) is 8.78 Å². The lowest BCUT2D eigenvalue weighted by Gasteiger charge is -2.26. The molecule has 0 unspecified atom stereocenters. The number of benzene rings is 2. The molecule has 0 bridgehead atoms. The molecule has 0 aromatic heterocycles. The number of amides is 3. The molecule has 1 saturated heterocycles. The van der Waals surface area contributed by atoms with E-state index in [0.717, 1.165) is 17.7 Å². The first kappa shape index (κ1) is 21.4. The van der Waals surface area contributed by atoms with Crippen LogP contribution >= 0.6 is 0 Å². The minimum absolute atomic E-state index is 0.0193. The molecule has 7 nitrogen and oxygen atoms in total. The van der Waals surface area contributed by atoms with E-state index in [1.807, 2.05) is 0 Å². The number of halogens is 2. The van der Waals surface area contributed by atoms with E-state index in [1.165, 1.54) is 0 Å². The van der Waals surface area contributed by atoms with Crippen LogP contribution in [0.25, 0.3) is 0 Å². The first-order chi connectivity index (χ1) is 14.4. The summed E-state index contributed by atoms with van der Waals surface area (Å²) in [6.45, 7) is 1.87. The second-order valence-electron chi connectivity index (χ2n) is 6.72. The summed E-state index contributed by atoms with van der Waals surface area (Å²) in [5, 5.41) is 4.88. The van der Waals surface area contributed by atoms with Crippen LogP contribution in [-0.2, 0) is 20.7 Å². The number of anilines is 1. The number of morpholine rings is 1. The van der Waals surface area contributed by atoms with Gasteiger partial charge in [-0.15, -0.1) is 0 Å². The summed E-state index contributed by atoms with van der Waals surface area (Å²) < 4.78 is 31.7. The Balaban J connectivity index is 1.47. The van der Waals surface area contributed by atoms with Crippen LogP contribution < -0.4 is 10.6 Å².